The topological polar surface area (TPSA) is 59.8 Å². The van der Waals surface area contributed by atoms with Crippen LogP contribution in [-0.4, -0.2) is 39.0 Å². The number of phenols is 1. The summed E-state index contributed by atoms with van der Waals surface area (Å²) in [4.78, 5) is 2.29. The molecule has 1 atom stereocenters. The number of para-hydroxylation sites is 2. The fraction of sp³-hybridized carbons (Fsp3) is 0.318. The van der Waals surface area contributed by atoms with Crippen molar-refractivity contribution in [1.29, 1.82) is 0 Å². The first-order valence-electron chi connectivity index (χ1n) is 9.46. The summed E-state index contributed by atoms with van der Waals surface area (Å²) in [6, 6.07) is 17.3. The fourth-order valence-corrected chi connectivity index (χ4v) is 3.57. The Bertz CT molecular complexity index is 939. The van der Waals surface area contributed by atoms with E-state index in [1.54, 1.807) is 10.7 Å². The van der Waals surface area contributed by atoms with E-state index >= 15 is 0 Å². The van der Waals surface area contributed by atoms with E-state index in [9.17, 15) is 5.11 Å². The molecule has 28 heavy (non-hydrogen) atoms. The Morgan fingerprint density at radius 3 is 2.68 bits per heavy atom. The van der Waals surface area contributed by atoms with Crippen molar-refractivity contribution in [1.82, 2.24) is 14.7 Å². The molecule has 0 spiro atoms. The molecule has 0 saturated carbocycles. The summed E-state index contributed by atoms with van der Waals surface area (Å²) < 4.78 is 13.9. The maximum atomic E-state index is 10.3. The van der Waals surface area contributed by atoms with Gasteiger partial charge in [-0.05, 0) is 25.1 Å². The smallest absolute Gasteiger partial charge is 0.216 e. The van der Waals surface area contributed by atoms with E-state index in [4.69, 9.17) is 9.47 Å². The van der Waals surface area contributed by atoms with Gasteiger partial charge in [-0.2, -0.15) is 5.10 Å². The lowest BCUT2D eigenvalue weighted by atomic mass is 10.1. The standard InChI is InChI=1S/C22H25N3O3/c1-16-20-13-25(12-17-8-6-7-11-21(17)26)18(15-28-22(20)24(2)23-16)14-27-19-9-4-3-5-10-19/h3-11,18,26H,12-15H2,1-2H3. The van der Waals surface area contributed by atoms with Gasteiger partial charge >= 0.3 is 0 Å². The number of aryl methyl sites for hydroxylation is 2. The highest BCUT2D eigenvalue weighted by atomic mass is 16.5. The van der Waals surface area contributed by atoms with E-state index in [1.807, 2.05) is 62.5 Å². The van der Waals surface area contributed by atoms with Crippen LogP contribution in [0.4, 0.5) is 0 Å². The second-order valence-electron chi connectivity index (χ2n) is 7.12. The van der Waals surface area contributed by atoms with Gasteiger partial charge in [-0.15, -0.1) is 0 Å². The average molecular weight is 379 g/mol. The van der Waals surface area contributed by atoms with E-state index in [0.29, 0.717) is 32.1 Å². The molecule has 2 heterocycles. The third-order valence-corrected chi connectivity index (χ3v) is 5.13. The van der Waals surface area contributed by atoms with Crippen LogP contribution in [0.5, 0.6) is 17.4 Å². The van der Waals surface area contributed by atoms with Crippen LogP contribution in [0.2, 0.25) is 0 Å². The molecule has 0 amide bonds. The molecule has 0 aliphatic carbocycles. The Morgan fingerprint density at radius 1 is 1.14 bits per heavy atom. The summed E-state index contributed by atoms with van der Waals surface area (Å²) in [6.07, 6.45) is 0. The Morgan fingerprint density at radius 2 is 1.89 bits per heavy atom. The second-order valence-corrected chi connectivity index (χ2v) is 7.12. The minimum absolute atomic E-state index is 0.0339. The molecule has 3 aromatic rings. The second kappa shape index (κ2) is 7.94. The van der Waals surface area contributed by atoms with E-state index in [-0.39, 0.29) is 6.04 Å². The molecule has 2 aromatic carbocycles. The van der Waals surface area contributed by atoms with Crippen molar-refractivity contribution in [3.8, 4) is 17.4 Å². The largest absolute Gasteiger partial charge is 0.508 e. The highest BCUT2D eigenvalue weighted by molar-refractivity contribution is 5.34. The van der Waals surface area contributed by atoms with Gasteiger partial charge < -0.3 is 14.6 Å². The third kappa shape index (κ3) is 3.82. The molecule has 1 aliphatic rings. The molecule has 4 rings (SSSR count). The highest BCUT2D eigenvalue weighted by Crippen LogP contribution is 2.30. The van der Waals surface area contributed by atoms with Crippen molar-refractivity contribution < 1.29 is 14.6 Å². The Balaban J connectivity index is 1.59. The van der Waals surface area contributed by atoms with Crippen LogP contribution in [0.25, 0.3) is 0 Å². The molecule has 0 saturated heterocycles. The van der Waals surface area contributed by atoms with Crippen LogP contribution < -0.4 is 9.47 Å². The predicted molar refractivity (Wildman–Crippen MR) is 107 cm³/mol. The predicted octanol–water partition coefficient (Wildman–Crippen LogP) is 3.28. The van der Waals surface area contributed by atoms with Crippen LogP contribution in [0.15, 0.2) is 54.6 Å². The molecule has 0 bridgehead atoms. The average Bonchev–Trinajstić information content (AvgIpc) is 2.86. The van der Waals surface area contributed by atoms with Gasteiger partial charge in [-0.1, -0.05) is 36.4 Å². The fourth-order valence-electron chi connectivity index (χ4n) is 3.57. The van der Waals surface area contributed by atoms with Crippen LogP contribution in [0.1, 0.15) is 16.8 Å². The normalized spacial score (nSPS) is 16.9. The Hall–Kier alpha value is -2.99. The molecular formula is C22H25N3O3. The first-order valence-corrected chi connectivity index (χ1v) is 9.46. The number of rotatable bonds is 5. The van der Waals surface area contributed by atoms with Gasteiger partial charge in [0.2, 0.25) is 5.88 Å². The molecule has 6 heteroatoms. The van der Waals surface area contributed by atoms with Crippen molar-refractivity contribution >= 4 is 0 Å². The first-order chi connectivity index (χ1) is 13.6. The first kappa shape index (κ1) is 18.4. The molecule has 0 fully saturated rings. The number of hydrogen-bond acceptors (Lipinski definition) is 5. The van der Waals surface area contributed by atoms with Crippen molar-refractivity contribution in [2.24, 2.45) is 7.05 Å². The van der Waals surface area contributed by atoms with E-state index in [1.165, 1.54) is 0 Å². The van der Waals surface area contributed by atoms with Gasteiger partial charge in [0.05, 0.1) is 17.3 Å². The molecule has 146 valence electrons. The van der Waals surface area contributed by atoms with Gasteiger partial charge in [0.1, 0.15) is 24.7 Å². The van der Waals surface area contributed by atoms with Gasteiger partial charge in [0, 0.05) is 25.7 Å². The summed E-state index contributed by atoms with van der Waals surface area (Å²) in [5.74, 6) is 1.95. The molecule has 1 aromatic heterocycles. The SMILES string of the molecule is Cc1nn(C)c2c1CN(Cc1ccccc1O)C(COc1ccccc1)CO2. The summed E-state index contributed by atoms with van der Waals surface area (Å²) >= 11 is 0. The third-order valence-electron chi connectivity index (χ3n) is 5.13. The molecule has 6 nitrogen and oxygen atoms in total. The quantitative estimate of drug-likeness (QED) is 0.737. The number of benzene rings is 2. The van der Waals surface area contributed by atoms with Crippen LogP contribution >= 0.6 is 0 Å². The van der Waals surface area contributed by atoms with Crippen molar-refractivity contribution in [3.63, 3.8) is 0 Å². The van der Waals surface area contributed by atoms with Crippen molar-refractivity contribution in [2.45, 2.75) is 26.1 Å². The molecule has 1 aliphatic heterocycles. The van der Waals surface area contributed by atoms with E-state index in [2.05, 4.69) is 10.00 Å². The monoisotopic (exact) mass is 379 g/mol. The summed E-state index contributed by atoms with van der Waals surface area (Å²) in [5.41, 5.74) is 2.93. The van der Waals surface area contributed by atoms with Crippen LogP contribution in [0.3, 0.4) is 0 Å². The van der Waals surface area contributed by atoms with Gasteiger partial charge in [-0.25, -0.2) is 4.68 Å². The Labute approximate surface area is 164 Å². The minimum atomic E-state index is 0.0339. The zero-order valence-corrected chi connectivity index (χ0v) is 16.2. The molecule has 1 N–H and O–H groups in total. The summed E-state index contributed by atoms with van der Waals surface area (Å²) in [7, 11) is 1.90. The number of hydrogen-bond donors (Lipinski definition) is 1. The zero-order chi connectivity index (χ0) is 19.5. The highest BCUT2D eigenvalue weighted by Gasteiger charge is 2.29. The van der Waals surface area contributed by atoms with Crippen molar-refractivity contribution in [3.05, 3.63) is 71.4 Å². The number of aromatic hydroxyl groups is 1. The Kier molecular flexibility index (Phi) is 5.21. The molecule has 0 radical (unpaired) electrons. The number of ether oxygens (including phenoxy) is 2. The van der Waals surface area contributed by atoms with E-state index in [0.717, 1.165) is 28.5 Å². The van der Waals surface area contributed by atoms with E-state index < -0.39 is 0 Å². The number of phenolic OH excluding ortho intramolecular Hbond substituents is 1. The summed E-state index contributed by atoms with van der Waals surface area (Å²) in [5, 5.41) is 14.8. The molecular weight excluding hydrogens is 354 g/mol. The maximum Gasteiger partial charge on any atom is 0.216 e. The number of aromatic nitrogens is 2. The summed E-state index contributed by atoms with van der Waals surface area (Å²) in [6.45, 7) is 4.28. The maximum absolute atomic E-state index is 10.3. The lowest BCUT2D eigenvalue weighted by Gasteiger charge is -2.29. The van der Waals surface area contributed by atoms with Crippen molar-refractivity contribution in [2.75, 3.05) is 13.2 Å². The lowest BCUT2D eigenvalue weighted by molar-refractivity contribution is 0.0890. The zero-order valence-electron chi connectivity index (χ0n) is 16.2. The molecule has 1 unspecified atom stereocenters. The van der Waals surface area contributed by atoms with Crippen LogP contribution in [0, 0.1) is 6.92 Å². The number of fused-ring (bicyclic) bond motifs is 1. The van der Waals surface area contributed by atoms with Gasteiger partial charge in [0.15, 0.2) is 0 Å². The lowest BCUT2D eigenvalue weighted by Crippen LogP contribution is -2.41. The van der Waals surface area contributed by atoms with Gasteiger partial charge in [-0.3, -0.25) is 4.90 Å². The minimum Gasteiger partial charge on any atom is -0.508 e. The number of nitrogens with zero attached hydrogens (tertiary/aromatic N) is 3. The van der Waals surface area contributed by atoms with Crippen LogP contribution in [-0.2, 0) is 20.1 Å². The van der Waals surface area contributed by atoms with Gasteiger partial charge in [0.25, 0.3) is 0 Å².